The van der Waals surface area contributed by atoms with Gasteiger partial charge in [-0.3, -0.25) is 0 Å². The first-order valence-electron chi connectivity index (χ1n) is 2.37. The Morgan fingerprint density at radius 1 is 1.88 bits per heavy atom. The first-order chi connectivity index (χ1) is 3.68. The van der Waals surface area contributed by atoms with E-state index in [2.05, 4.69) is 0 Å². The Labute approximate surface area is 55.7 Å². The summed E-state index contributed by atoms with van der Waals surface area (Å²) < 4.78 is -1.01. The molecule has 0 aliphatic carbocycles. The van der Waals surface area contributed by atoms with Gasteiger partial charge in [0.1, 0.15) is 0 Å². The van der Waals surface area contributed by atoms with Gasteiger partial charge in [0.15, 0.2) is 0 Å². The second-order valence-electron chi connectivity index (χ2n) is 1.45. The Balaban J connectivity index is 3.83. The van der Waals surface area contributed by atoms with Crippen LogP contribution < -0.4 is 0 Å². The first-order valence-corrected chi connectivity index (χ1v) is 4.94. The van der Waals surface area contributed by atoms with Crippen molar-refractivity contribution in [3.63, 3.8) is 0 Å². The third-order valence-corrected chi connectivity index (χ3v) is 3.21. The van der Waals surface area contributed by atoms with Gasteiger partial charge in [-0.2, -0.15) is 0 Å². The summed E-state index contributed by atoms with van der Waals surface area (Å²) in [5, 5.41) is 17.4. The van der Waals surface area contributed by atoms with Crippen LogP contribution in [0.25, 0.3) is 0 Å². The van der Waals surface area contributed by atoms with Crippen LogP contribution in [0.5, 0.6) is 0 Å². The minimum absolute atomic E-state index is 0.0243. The number of nitrogens with zero attached hydrogens (tertiary/aromatic N) is 1. The van der Waals surface area contributed by atoms with Crippen molar-refractivity contribution in [3.05, 3.63) is 0 Å². The zero-order chi connectivity index (χ0) is 6.62. The molecule has 0 radical (unpaired) electrons. The molecule has 0 heterocycles. The molecule has 8 heavy (non-hydrogen) atoms. The molecule has 0 amide bonds. The van der Waals surface area contributed by atoms with Crippen LogP contribution in [0.1, 0.15) is 13.3 Å². The van der Waals surface area contributed by atoms with E-state index in [4.69, 9.17) is 10.4 Å². The van der Waals surface area contributed by atoms with Gasteiger partial charge in [0.25, 0.3) is 0 Å². The zero-order valence-electron chi connectivity index (χ0n) is 5.01. The van der Waals surface area contributed by atoms with Crippen molar-refractivity contribution < 1.29 is 5.11 Å². The maximum absolute atomic E-state index is 9.10. The minimum atomic E-state index is -1.01. The number of rotatable bonds is 2. The van der Waals surface area contributed by atoms with Crippen molar-refractivity contribution in [2.24, 2.45) is 0 Å². The number of hydrogen-bond donors (Lipinski definition) is 1. The summed E-state index contributed by atoms with van der Waals surface area (Å²) in [6.45, 7) is 1.81. The molecule has 0 spiro atoms. The Morgan fingerprint density at radius 3 is 2.38 bits per heavy atom. The molecule has 0 saturated carbocycles. The van der Waals surface area contributed by atoms with Crippen LogP contribution in [0.2, 0.25) is 5.82 Å². The van der Waals surface area contributed by atoms with Crippen molar-refractivity contribution in [1.82, 2.24) is 0 Å². The van der Waals surface area contributed by atoms with E-state index in [0.717, 1.165) is 0 Å². The predicted molar refractivity (Wildman–Crippen MR) is 32.5 cm³/mol. The summed E-state index contributed by atoms with van der Waals surface area (Å²) in [5.41, 5.74) is 0. The van der Waals surface area contributed by atoms with Crippen LogP contribution in [-0.4, -0.2) is 24.6 Å². The topological polar surface area (TPSA) is 44.0 Å². The van der Waals surface area contributed by atoms with Gasteiger partial charge < -0.3 is 0 Å². The van der Waals surface area contributed by atoms with Gasteiger partial charge in [-0.1, -0.05) is 0 Å². The van der Waals surface area contributed by atoms with E-state index in [9.17, 15) is 0 Å². The van der Waals surface area contributed by atoms with Crippen LogP contribution in [0, 0.1) is 11.3 Å². The second-order valence-corrected chi connectivity index (χ2v) is 3.73. The summed E-state index contributed by atoms with van der Waals surface area (Å²) in [4.78, 5) is 0. The van der Waals surface area contributed by atoms with Gasteiger partial charge in [0, 0.05) is 0 Å². The van der Waals surface area contributed by atoms with E-state index in [-0.39, 0.29) is 15.0 Å². The van der Waals surface area contributed by atoms with Gasteiger partial charge in [0.05, 0.1) is 0 Å². The quantitative estimate of drug-likeness (QED) is 0.490. The molecule has 0 saturated heterocycles. The Bertz CT molecular complexity index is 103. The van der Waals surface area contributed by atoms with Crippen LogP contribution in [0.3, 0.4) is 0 Å². The second kappa shape index (κ2) is 3.09. The molecular weight excluding hydrogens is 169 g/mol. The molecule has 0 bridgehead atoms. The standard InChI is InChI=1S/C5H9NOSe/c1-3-5(7,4-6)8-2/h7H,3H2,1-2H3. The van der Waals surface area contributed by atoms with Gasteiger partial charge >= 0.3 is 55.1 Å². The van der Waals surface area contributed by atoms with Crippen molar-refractivity contribution >= 4 is 15.0 Å². The first kappa shape index (κ1) is 7.97. The number of hydrogen-bond acceptors (Lipinski definition) is 2. The summed E-state index contributed by atoms with van der Waals surface area (Å²) in [5.74, 6) is 1.86. The summed E-state index contributed by atoms with van der Waals surface area (Å²) >= 11 is 0.0243. The van der Waals surface area contributed by atoms with Gasteiger partial charge in [-0.15, -0.1) is 0 Å². The SMILES string of the molecule is CCC(O)(C#N)[Se]C. The van der Waals surface area contributed by atoms with Crippen molar-refractivity contribution in [3.8, 4) is 6.07 Å². The maximum atomic E-state index is 9.10. The van der Waals surface area contributed by atoms with Gasteiger partial charge in [-0.05, 0) is 0 Å². The normalized spacial score (nSPS) is 16.8. The van der Waals surface area contributed by atoms with Gasteiger partial charge in [-0.25, -0.2) is 0 Å². The van der Waals surface area contributed by atoms with Crippen LogP contribution in [0.4, 0.5) is 0 Å². The molecular formula is C5H9NOSe. The Hall–Kier alpha value is -0.0305. The fourth-order valence-corrected chi connectivity index (χ4v) is 1.07. The fraction of sp³-hybridized carbons (Fsp3) is 0.800. The van der Waals surface area contributed by atoms with E-state index >= 15 is 0 Å². The molecule has 1 N–H and O–H groups in total. The molecule has 0 aliphatic heterocycles. The molecule has 46 valence electrons. The van der Waals surface area contributed by atoms with E-state index in [0.29, 0.717) is 6.42 Å². The number of aliphatic hydroxyl groups is 1. The van der Waals surface area contributed by atoms with Crippen molar-refractivity contribution in [1.29, 1.82) is 5.26 Å². The molecule has 0 rings (SSSR count). The zero-order valence-corrected chi connectivity index (χ0v) is 6.72. The fourth-order valence-electron chi connectivity index (χ4n) is 0.269. The Morgan fingerprint density at radius 2 is 2.38 bits per heavy atom. The average Bonchev–Trinajstić information content (AvgIpc) is 1.87. The molecule has 0 aromatic rings. The van der Waals surface area contributed by atoms with Crippen LogP contribution >= 0.6 is 0 Å². The molecule has 3 heteroatoms. The van der Waals surface area contributed by atoms with E-state index in [1.165, 1.54) is 0 Å². The van der Waals surface area contributed by atoms with Crippen LogP contribution in [0.15, 0.2) is 0 Å². The summed E-state index contributed by atoms with van der Waals surface area (Å²) in [7, 11) is 0. The Kier molecular flexibility index (Phi) is 3.08. The third kappa shape index (κ3) is 1.83. The predicted octanol–water partition coefficient (Wildman–Crippen LogP) is 0.361. The molecule has 0 aliphatic rings. The molecule has 0 fully saturated rings. The van der Waals surface area contributed by atoms with E-state index < -0.39 is 4.50 Å². The van der Waals surface area contributed by atoms with E-state index in [1.807, 2.05) is 18.8 Å². The molecule has 0 aromatic carbocycles. The molecule has 0 aromatic heterocycles. The number of nitriles is 1. The summed E-state index contributed by atoms with van der Waals surface area (Å²) in [6, 6.07) is 1.86. The van der Waals surface area contributed by atoms with Crippen LogP contribution in [-0.2, 0) is 0 Å². The molecule has 2 nitrogen and oxygen atoms in total. The third-order valence-electron chi connectivity index (χ3n) is 0.992. The van der Waals surface area contributed by atoms with Gasteiger partial charge in [0.2, 0.25) is 0 Å². The van der Waals surface area contributed by atoms with Crippen molar-refractivity contribution in [2.75, 3.05) is 0 Å². The average molecular weight is 178 g/mol. The van der Waals surface area contributed by atoms with E-state index in [1.54, 1.807) is 0 Å². The monoisotopic (exact) mass is 179 g/mol. The van der Waals surface area contributed by atoms with Crippen molar-refractivity contribution in [2.45, 2.75) is 23.7 Å². The molecule has 1 unspecified atom stereocenters. The summed E-state index contributed by atoms with van der Waals surface area (Å²) in [6.07, 6.45) is 0.542. The molecule has 1 atom stereocenters.